The van der Waals surface area contributed by atoms with Gasteiger partial charge in [-0.1, -0.05) is 49.4 Å². The average Bonchev–Trinajstić information content (AvgIpc) is 3.13. The highest BCUT2D eigenvalue weighted by Gasteiger charge is 2.47. The van der Waals surface area contributed by atoms with E-state index in [1.165, 1.54) is 29.2 Å². The minimum Gasteiger partial charge on any atom is -0.508 e. The molecule has 1 heterocycles. The predicted octanol–water partition coefficient (Wildman–Crippen LogP) is 4.59. The molecule has 1 unspecified atom stereocenters. The van der Waals surface area contributed by atoms with E-state index in [-0.39, 0.29) is 17.1 Å². The van der Waals surface area contributed by atoms with Gasteiger partial charge in [-0.2, -0.15) is 0 Å². The molecule has 7 heteroatoms. The SMILES string of the molecule is CCCOC(=O)c1ccc(N2C(=O)C(=O)/C(=C(/O)c3ccccc3)C2c2ccc(O)cc2)cc1. The van der Waals surface area contributed by atoms with Gasteiger partial charge >= 0.3 is 5.97 Å². The zero-order valence-electron chi connectivity index (χ0n) is 18.5. The molecule has 1 atom stereocenters. The third-order valence-electron chi connectivity index (χ3n) is 5.52. The van der Waals surface area contributed by atoms with Gasteiger partial charge in [0.2, 0.25) is 0 Å². The number of benzene rings is 3. The third kappa shape index (κ3) is 4.28. The smallest absolute Gasteiger partial charge is 0.338 e. The van der Waals surface area contributed by atoms with Gasteiger partial charge in [0.1, 0.15) is 11.5 Å². The molecule has 3 aromatic carbocycles. The number of rotatable bonds is 6. The molecule has 1 amide bonds. The molecule has 34 heavy (non-hydrogen) atoms. The van der Waals surface area contributed by atoms with Crippen LogP contribution in [0.5, 0.6) is 5.75 Å². The minimum atomic E-state index is -0.932. The predicted molar refractivity (Wildman–Crippen MR) is 126 cm³/mol. The van der Waals surface area contributed by atoms with Crippen molar-refractivity contribution in [1.29, 1.82) is 0 Å². The second kappa shape index (κ2) is 9.62. The summed E-state index contributed by atoms with van der Waals surface area (Å²) < 4.78 is 5.14. The molecule has 0 aliphatic carbocycles. The van der Waals surface area contributed by atoms with Gasteiger partial charge in [0.05, 0.1) is 23.8 Å². The minimum absolute atomic E-state index is 0.0266. The largest absolute Gasteiger partial charge is 0.508 e. The van der Waals surface area contributed by atoms with Crippen molar-refractivity contribution in [3.63, 3.8) is 0 Å². The molecule has 3 aromatic rings. The Morgan fingerprint density at radius 3 is 2.18 bits per heavy atom. The number of ether oxygens (including phenoxy) is 1. The summed E-state index contributed by atoms with van der Waals surface area (Å²) in [6.07, 6.45) is 0.697. The first kappa shape index (κ1) is 22.8. The van der Waals surface area contributed by atoms with Crippen molar-refractivity contribution in [1.82, 2.24) is 0 Å². The van der Waals surface area contributed by atoms with Crippen LogP contribution in [-0.2, 0) is 14.3 Å². The van der Waals surface area contributed by atoms with E-state index >= 15 is 0 Å². The van der Waals surface area contributed by atoms with E-state index in [9.17, 15) is 24.6 Å². The van der Waals surface area contributed by atoms with Crippen LogP contribution in [0.4, 0.5) is 5.69 Å². The molecule has 1 fully saturated rings. The Morgan fingerprint density at radius 2 is 1.56 bits per heavy atom. The number of carbonyl (C=O) groups is 3. The molecule has 0 aromatic heterocycles. The van der Waals surface area contributed by atoms with Gasteiger partial charge in [0, 0.05) is 11.3 Å². The highest BCUT2D eigenvalue weighted by Crippen LogP contribution is 2.42. The Hall–Kier alpha value is -4.39. The van der Waals surface area contributed by atoms with E-state index < -0.39 is 23.7 Å². The van der Waals surface area contributed by atoms with Crippen LogP contribution in [0.25, 0.3) is 5.76 Å². The van der Waals surface area contributed by atoms with Gasteiger partial charge in [0.25, 0.3) is 11.7 Å². The number of carbonyl (C=O) groups excluding carboxylic acids is 3. The van der Waals surface area contributed by atoms with Crippen LogP contribution >= 0.6 is 0 Å². The third-order valence-corrected chi connectivity index (χ3v) is 5.52. The normalized spacial score (nSPS) is 17.1. The highest BCUT2D eigenvalue weighted by atomic mass is 16.5. The number of aliphatic hydroxyl groups excluding tert-OH is 1. The van der Waals surface area contributed by atoms with Crippen LogP contribution in [0.3, 0.4) is 0 Å². The molecule has 172 valence electrons. The van der Waals surface area contributed by atoms with E-state index in [2.05, 4.69) is 0 Å². The van der Waals surface area contributed by atoms with Crippen molar-refractivity contribution in [2.45, 2.75) is 19.4 Å². The van der Waals surface area contributed by atoms with Crippen molar-refractivity contribution in [3.8, 4) is 5.75 Å². The van der Waals surface area contributed by atoms with Crippen LogP contribution in [0.2, 0.25) is 0 Å². The maximum atomic E-state index is 13.2. The van der Waals surface area contributed by atoms with Crippen LogP contribution < -0.4 is 4.90 Å². The van der Waals surface area contributed by atoms with Gasteiger partial charge in [0.15, 0.2) is 0 Å². The lowest BCUT2D eigenvalue weighted by molar-refractivity contribution is -0.132. The van der Waals surface area contributed by atoms with Crippen molar-refractivity contribution < 1.29 is 29.3 Å². The molecule has 0 radical (unpaired) electrons. The molecule has 0 bridgehead atoms. The first-order valence-electron chi connectivity index (χ1n) is 10.8. The summed E-state index contributed by atoms with van der Waals surface area (Å²) in [7, 11) is 0. The Labute approximate surface area is 196 Å². The number of anilines is 1. The number of nitrogens with zero attached hydrogens (tertiary/aromatic N) is 1. The lowest BCUT2D eigenvalue weighted by Gasteiger charge is -2.25. The van der Waals surface area contributed by atoms with E-state index in [1.54, 1.807) is 54.6 Å². The number of ketones is 1. The summed E-state index contributed by atoms with van der Waals surface area (Å²) in [5.41, 5.74) is 1.56. The topological polar surface area (TPSA) is 104 Å². The number of phenols is 1. The van der Waals surface area contributed by atoms with Crippen LogP contribution in [0, 0.1) is 0 Å². The molecule has 2 N–H and O–H groups in total. The molecule has 7 nitrogen and oxygen atoms in total. The maximum Gasteiger partial charge on any atom is 0.338 e. The maximum absolute atomic E-state index is 13.2. The number of hydrogen-bond acceptors (Lipinski definition) is 6. The number of hydrogen-bond donors (Lipinski definition) is 2. The summed E-state index contributed by atoms with van der Waals surface area (Å²) in [5, 5.41) is 20.8. The monoisotopic (exact) mass is 457 g/mol. The quantitative estimate of drug-likeness (QED) is 0.243. The van der Waals surface area contributed by atoms with Crippen molar-refractivity contribution in [2.24, 2.45) is 0 Å². The lowest BCUT2D eigenvalue weighted by Crippen LogP contribution is -2.29. The van der Waals surface area contributed by atoms with E-state index in [1.807, 2.05) is 6.92 Å². The zero-order valence-corrected chi connectivity index (χ0v) is 18.5. The van der Waals surface area contributed by atoms with Crippen molar-refractivity contribution in [3.05, 3.63) is 101 Å². The van der Waals surface area contributed by atoms with Gasteiger partial charge < -0.3 is 14.9 Å². The first-order valence-corrected chi connectivity index (χ1v) is 10.8. The summed E-state index contributed by atoms with van der Waals surface area (Å²) in [5.74, 6) is -2.38. The molecular weight excluding hydrogens is 434 g/mol. The van der Waals surface area contributed by atoms with Gasteiger partial charge in [-0.25, -0.2) is 4.79 Å². The zero-order chi connectivity index (χ0) is 24.2. The molecule has 1 saturated heterocycles. The van der Waals surface area contributed by atoms with E-state index in [0.717, 1.165) is 0 Å². The van der Waals surface area contributed by atoms with Gasteiger partial charge in [-0.15, -0.1) is 0 Å². The highest BCUT2D eigenvalue weighted by molar-refractivity contribution is 6.51. The van der Waals surface area contributed by atoms with Crippen LogP contribution in [0.15, 0.2) is 84.4 Å². The Kier molecular flexibility index (Phi) is 6.45. The summed E-state index contributed by atoms with van der Waals surface area (Å²) in [6, 6.07) is 19.8. The summed E-state index contributed by atoms with van der Waals surface area (Å²) in [6.45, 7) is 2.20. The fraction of sp³-hybridized carbons (Fsp3) is 0.148. The number of Topliss-reactive ketones (excluding diaryl/α,β-unsaturated/α-hetero) is 1. The Morgan fingerprint density at radius 1 is 0.912 bits per heavy atom. The van der Waals surface area contributed by atoms with Crippen molar-refractivity contribution in [2.75, 3.05) is 11.5 Å². The molecule has 0 spiro atoms. The molecule has 4 rings (SSSR count). The van der Waals surface area contributed by atoms with E-state index in [0.29, 0.717) is 35.4 Å². The summed E-state index contributed by atoms with van der Waals surface area (Å²) in [4.78, 5) is 39.7. The second-order valence-electron chi connectivity index (χ2n) is 7.81. The lowest BCUT2D eigenvalue weighted by atomic mass is 9.95. The standard InChI is InChI=1S/C27H23NO6/c1-2-16-34-27(33)19-8-12-20(13-9-19)28-23(17-10-14-21(29)15-11-17)22(25(31)26(28)32)24(30)18-6-4-3-5-7-18/h3-15,23,29-30H,2,16H2,1H3/b24-22+. The fourth-order valence-electron chi connectivity index (χ4n) is 3.86. The number of phenolic OH excluding ortho intramolecular Hbond substituents is 1. The number of amides is 1. The molecule has 1 aliphatic heterocycles. The van der Waals surface area contributed by atoms with Crippen LogP contribution in [0.1, 0.15) is 40.9 Å². The molecular formula is C27H23NO6. The van der Waals surface area contributed by atoms with Gasteiger partial charge in [-0.05, 0) is 48.4 Å². The Bertz CT molecular complexity index is 1250. The second-order valence-corrected chi connectivity index (χ2v) is 7.81. The molecule has 1 aliphatic rings. The van der Waals surface area contributed by atoms with Gasteiger partial charge in [-0.3, -0.25) is 14.5 Å². The molecule has 0 saturated carbocycles. The number of aromatic hydroxyl groups is 1. The van der Waals surface area contributed by atoms with Crippen molar-refractivity contribution >= 4 is 29.1 Å². The fourth-order valence-corrected chi connectivity index (χ4v) is 3.86. The Balaban J connectivity index is 1.81. The van der Waals surface area contributed by atoms with Crippen LogP contribution in [-0.4, -0.2) is 34.5 Å². The van der Waals surface area contributed by atoms with E-state index in [4.69, 9.17) is 4.74 Å². The number of aliphatic hydroxyl groups is 1. The first-order chi connectivity index (χ1) is 16.4. The summed E-state index contributed by atoms with van der Waals surface area (Å²) >= 11 is 0. The number of esters is 1. The average molecular weight is 457 g/mol.